The Hall–Kier alpha value is -1.67. The lowest BCUT2D eigenvalue weighted by atomic mass is 10.1. The third-order valence-electron chi connectivity index (χ3n) is 4.28. The fourth-order valence-electron chi connectivity index (χ4n) is 2.96. The van der Waals surface area contributed by atoms with Gasteiger partial charge in [0.15, 0.2) is 0 Å². The van der Waals surface area contributed by atoms with Crippen LogP contribution < -0.4 is 4.90 Å². The van der Waals surface area contributed by atoms with Crippen molar-refractivity contribution in [3.63, 3.8) is 0 Å². The topological polar surface area (TPSA) is 58.4 Å². The molecule has 2 aromatic heterocycles. The second-order valence-corrected chi connectivity index (χ2v) is 8.26. The Bertz CT molecular complexity index is 765. The van der Waals surface area contributed by atoms with Crippen LogP contribution in [0.1, 0.15) is 28.6 Å². The average molecular weight is 395 g/mol. The van der Waals surface area contributed by atoms with Gasteiger partial charge in [-0.25, -0.2) is 0 Å². The molecule has 2 amide bonds. The average Bonchev–Trinajstić information content (AvgIpc) is 3.18. The third-order valence-corrected chi connectivity index (χ3v) is 5.89. The van der Waals surface area contributed by atoms with Gasteiger partial charge in [-0.15, -0.1) is 11.3 Å². The van der Waals surface area contributed by atoms with Gasteiger partial charge in [-0.3, -0.25) is 14.3 Å². The summed E-state index contributed by atoms with van der Waals surface area (Å²) in [5, 5.41) is 4.37. The highest BCUT2D eigenvalue weighted by Crippen LogP contribution is 2.29. The fraction of sp³-hybridized carbons (Fsp3) is 0.400. The van der Waals surface area contributed by atoms with Gasteiger partial charge in [0.05, 0.1) is 26.6 Å². The van der Waals surface area contributed by atoms with Crippen LogP contribution in [0.25, 0.3) is 0 Å². The Balaban J connectivity index is 1.39. The first-order chi connectivity index (χ1) is 11.1. The minimum Gasteiger partial charge on any atom is -0.334 e. The molecule has 0 atom stereocenters. The molecular formula is C15H15BrN4O2S. The minimum absolute atomic E-state index is 0.0686. The van der Waals surface area contributed by atoms with E-state index in [1.807, 2.05) is 27.9 Å². The van der Waals surface area contributed by atoms with E-state index >= 15 is 0 Å². The van der Waals surface area contributed by atoms with Crippen molar-refractivity contribution in [3.8, 4) is 0 Å². The van der Waals surface area contributed by atoms with Crippen LogP contribution in [0.4, 0.5) is 5.69 Å². The highest BCUT2D eigenvalue weighted by Gasteiger charge is 2.34. The first-order valence-electron chi connectivity index (χ1n) is 7.51. The highest BCUT2D eigenvalue weighted by molar-refractivity contribution is 9.11. The Morgan fingerprint density at radius 1 is 1.35 bits per heavy atom. The molecule has 0 spiro atoms. The number of likely N-dealkylation sites (tertiary alicyclic amines) is 1. The van der Waals surface area contributed by atoms with Crippen molar-refractivity contribution >= 4 is 44.8 Å². The molecule has 23 heavy (non-hydrogen) atoms. The molecule has 2 saturated heterocycles. The molecule has 0 aliphatic carbocycles. The van der Waals surface area contributed by atoms with Crippen molar-refractivity contribution in [3.05, 3.63) is 33.2 Å². The molecular weight excluding hydrogens is 380 g/mol. The number of carbonyl (C=O) groups is 2. The standard InChI is InChI=1S/C15H15BrN4O2S/c16-13-4-3-12(23-13)15(22)18-7-11(8-18)20-9-10(6-17-20)19-5-1-2-14(19)21/h3-4,6,9,11H,1-2,5,7-8H2. The maximum atomic E-state index is 12.3. The summed E-state index contributed by atoms with van der Waals surface area (Å²) in [6.07, 6.45) is 5.18. The van der Waals surface area contributed by atoms with Crippen molar-refractivity contribution in [1.29, 1.82) is 0 Å². The maximum Gasteiger partial charge on any atom is 0.264 e. The van der Waals surface area contributed by atoms with E-state index in [2.05, 4.69) is 21.0 Å². The number of amides is 2. The van der Waals surface area contributed by atoms with Gasteiger partial charge in [0.25, 0.3) is 5.91 Å². The molecule has 2 aliphatic rings. The number of anilines is 1. The summed E-state index contributed by atoms with van der Waals surface area (Å²) < 4.78 is 2.83. The zero-order valence-electron chi connectivity index (χ0n) is 12.3. The maximum absolute atomic E-state index is 12.3. The summed E-state index contributed by atoms with van der Waals surface area (Å²) in [5.41, 5.74) is 0.861. The summed E-state index contributed by atoms with van der Waals surface area (Å²) in [4.78, 5) is 28.4. The monoisotopic (exact) mass is 394 g/mol. The van der Waals surface area contributed by atoms with E-state index < -0.39 is 0 Å². The molecule has 0 aromatic carbocycles. The number of nitrogens with zero attached hydrogens (tertiary/aromatic N) is 4. The summed E-state index contributed by atoms with van der Waals surface area (Å²) in [6, 6.07) is 3.92. The van der Waals surface area contributed by atoms with Gasteiger partial charge in [-0.2, -0.15) is 5.10 Å². The molecule has 0 saturated carbocycles. The molecule has 6 nitrogen and oxygen atoms in total. The van der Waals surface area contributed by atoms with Gasteiger partial charge < -0.3 is 9.80 Å². The quantitative estimate of drug-likeness (QED) is 0.803. The molecule has 4 rings (SSSR count). The van der Waals surface area contributed by atoms with Crippen LogP contribution in [0.2, 0.25) is 0 Å². The lowest BCUT2D eigenvalue weighted by Crippen LogP contribution is -2.50. The predicted molar refractivity (Wildman–Crippen MR) is 90.8 cm³/mol. The van der Waals surface area contributed by atoms with Crippen LogP contribution in [-0.4, -0.2) is 46.1 Å². The molecule has 2 aromatic rings. The van der Waals surface area contributed by atoms with E-state index in [4.69, 9.17) is 0 Å². The van der Waals surface area contributed by atoms with Gasteiger partial charge in [-0.05, 0) is 34.5 Å². The van der Waals surface area contributed by atoms with E-state index in [0.717, 1.165) is 27.3 Å². The Kier molecular flexibility index (Phi) is 3.73. The van der Waals surface area contributed by atoms with Crippen molar-refractivity contribution in [1.82, 2.24) is 14.7 Å². The predicted octanol–water partition coefficient (Wildman–Crippen LogP) is 2.53. The number of hydrogen-bond acceptors (Lipinski definition) is 4. The lowest BCUT2D eigenvalue weighted by Gasteiger charge is -2.38. The van der Waals surface area contributed by atoms with Crippen LogP contribution in [-0.2, 0) is 4.79 Å². The molecule has 4 heterocycles. The first kappa shape index (κ1) is 14.9. The van der Waals surface area contributed by atoms with Crippen LogP contribution in [0.3, 0.4) is 0 Å². The first-order valence-corrected chi connectivity index (χ1v) is 9.12. The van der Waals surface area contributed by atoms with Gasteiger partial charge >= 0.3 is 0 Å². The zero-order chi connectivity index (χ0) is 16.0. The second-order valence-electron chi connectivity index (χ2n) is 5.80. The smallest absolute Gasteiger partial charge is 0.264 e. The summed E-state index contributed by atoms with van der Waals surface area (Å²) in [7, 11) is 0. The number of halogens is 1. The molecule has 120 valence electrons. The summed E-state index contributed by atoms with van der Waals surface area (Å²) in [5.74, 6) is 0.234. The van der Waals surface area contributed by atoms with Crippen LogP contribution in [0, 0.1) is 0 Å². The minimum atomic E-state index is 0.0686. The number of carbonyl (C=O) groups excluding carboxylic acids is 2. The van der Waals surface area contributed by atoms with Crippen molar-refractivity contribution < 1.29 is 9.59 Å². The summed E-state index contributed by atoms with van der Waals surface area (Å²) >= 11 is 4.83. The van der Waals surface area contributed by atoms with Crippen molar-refractivity contribution in [2.24, 2.45) is 0 Å². The number of rotatable bonds is 3. The molecule has 2 fully saturated rings. The Morgan fingerprint density at radius 3 is 2.83 bits per heavy atom. The number of hydrogen-bond donors (Lipinski definition) is 0. The molecule has 0 N–H and O–H groups in total. The van der Waals surface area contributed by atoms with E-state index in [0.29, 0.717) is 19.5 Å². The molecule has 0 unspecified atom stereocenters. The van der Waals surface area contributed by atoms with Crippen molar-refractivity contribution in [2.45, 2.75) is 18.9 Å². The Labute approximate surface area is 145 Å². The van der Waals surface area contributed by atoms with Gasteiger partial charge in [-0.1, -0.05) is 0 Å². The van der Waals surface area contributed by atoms with Crippen LogP contribution in [0.5, 0.6) is 0 Å². The van der Waals surface area contributed by atoms with Gasteiger partial charge in [0, 0.05) is 32.3 Å². The van der Waals surface area contributed by atoms with Gasteiger partial charge in [0.1, 0.15) is 0 Å². The lowest BCUT2D eigenvalue weighted by molar-refractivity contribution is -0.117. The molecule has 0 radical (unpaired) electrons. The van der Waals surface area contributed by atoms with Crippen LogP contribution in [0.15, 0.2) is 28.3 Å². The van der Waals surface area contributed by atoms with Gasteiger partial charge in [0.2, 0.25) is 5.91 Å². The van der Waals surface area contributed by atoms with E-state index in [1.54, 1.807) is 11.1 Å². The van der Waals surface area contributed by atoms with Crippen molar-refractivity contribution in [2.75, 3.05) is 24.5 Å². The highest BCUT2D eigenvalue weighted by atomic mass is 79.9. The molecule has 8 heteroatoms. The number of thiophene rings is 1. The SMILES string of the molecule is O=C(c1ccc(Br)s1)N1CC(n2cc(N3CCCC3=O)cn2)C1. The van der Waals surface area contributed by atoms with E-state index in [-0.39, 0.29) is 17.9 Å². The van der Waals surface area contributed by atoms with E-state index in [1.165, 1.54) is 11.3 Å². The van der Waals surface area contributed by atoms with Crippen LogP contribution >= 0.6 is 27.3 Å². The summed E-state index contributed by atoms with van der Waals surface area (Å²) in [6.45, 7) is 2.08. The Morgan fingerprint density at radius 2 is 2.17 bits per heavy atom. The molecule has 0 bridgehead atoms. The molecule has 2 aliphatic heterocycles. The number of aromatic nitrogens is 2. The zero-order valence-corrected chi connectivity index (χ0v) is 14.7. The fourth-order valence-corrected chi connectivity index (χ4v) is 4.32. The third kappa shape index (κ3) is 2.70. The second kappa shape index (κ2) is 5.76. The largest absolute Gasteiger partial charge is 0.334 e. The van der Waals surface area contributed by atoms with E-state index in [9.17, 15) is 9.59 Å². The normalized spacial score (nSPS) is 18.6.